The van der Waals surface area contributed by atoms with E-state index in [2.05, 4.69) is 5.11 Å². The fraction of sp³-hybridized carbons (Fsp3) is 0.714. The summed E-state index contributed by atoms with van der Waals surface area (Å²) in [6.07, 6.45) is 0.610. The van der Waals surface area contributed by atoms with Crippen molar-refractivity contribution in [2.75, 3.05) is 0 Å². The third-order valence-electron chi connectivity index (χ3n) is 2.19. The molecule has 0 amide bonds. The van der Waals surface area contributed by atoms with Crippen LogP contribution in [0.15, 0.2) is 17.0 Å². The van der Waals surface area contributed by atoms with E-state index in [1.165, 1.54) is 0 Å². The first-order chi connectivity index (χ1) is 5.43. The van der Waals surface area contributed by atoms with Gasteiger partial charge >= 0.3 is 0 Å². The first-order valence-corrected chi connectivity index (χ1v) is 3.61. The molecule has 0 spiro atoms. The van der Waals surface area contributed by atoms with Gasteiger partial charge < -0.3 is 5.73 Å². The molecule has 0 heterocycles. The summed E-state index contributed by atoms with van der Waals surface area (Å²) in [5, 5.41) is 3.12. The average Bonchev–Trinajstić information content (AvgIpc) is 1.85. The SMILES string of the molecule is CC1(/C(=C/N)N=N)CC(F)(F)C1. The number of hydrogen-bond acceptors (Lipinski definition) is 3. The molecule has 0 bridgehead atoms. The van der Waals surface area contributed by atoms with Crippen LogP contribution in [-0.4, -0.2) is 5.92 Å². The summed E-state index contributed by atoms with van der Waals surface area (Å²) in [6.45, 7) is 1.64. The van der Waals surface area contributed by atoms with Crippen molar-refractivity contribution in [3.63, 3.8) is 0 Å². The minimum atomic E-state index is -2.60. The van der Waals surface area contributed by atoms with Crippen molar-refractivity contribution in [2.45, 2.75) is 25.7 Å². The number of allylic oxidation sites excluding steroid dienone is 1. The molecule has 3 N–H and O–H groups in total. The van der Waals surface area contributed by atoms with Gasteiger partial charge in [-0.1, -0.05) is 6.92 Å². The van der Waals surface area contributed by atoms with E-state index in [9.17, 15) is 8.78 Å². The molecule has 1 aliphatic rings. The second kappa shape index (κ2) is 2.50. The fourth-order valence-corrected chi connectivity index (χ4v) is 1.64. The molecule has 0 unspecified atom stereocenters. The Labute approximate surface area is 69.1 Å². The molecule has 1 fully saturated rings. The number of nitrogens with two attached hydrogens (primary N) is 1. The normalized spacial score (nSPS) is 26.1. The predicted molar refractivity (Wildman–Crippen MR) is 39.7 cm³/mol. The Bertz CT molecular complexity index is 227. The Kier molecular flexibility index (Phi) is 1.89. The smallest absolute Gasteiger partial charge is 0.250 e. The highest BCUT2D eigenvalue weighted by Crippen LogP contribution is 2.55. The highest BCUT2D eigenvalue weighted by atomic mass is 19.3. The van der Waals surface area contributed by atoms with Crippen LogP contribution >= 0.6 is 0 Å². The summed E-state index contributed by atoms with van der Waals surface area (Å²) < 4.78 is 25.0. The summed E-state index contributed by atoms with van der Waals surface area (Å²) in [5.41, 5.74) is 11.4. The van der Waals surface area contributed by atoms with Crippen LogP contribution < -0.4 is 5.73 Å². The van der Waals surface area contributed by atoms with Crippen molar-refractivity contribution in [1.29, 1.82) is 5.53 Å². The van der Waals surface area contributed by atoms with Crippen LogP contribution in [0.2, 0.25) is 0 Å². The molecule has 5 heteroatoms. The van der Waals surface area contributed by atoms with Gasteiger partial charge in [-0.3, -0.25) is 0 Å². The number of nitrogens with zero attached hydrogens (tertiary/aromatic N) is 1. The van der Waals surface area contributed by atoms with Crippen LogP contribution in [0.3, 0.4) is 0 Å². The zero-order chi connectivity index (χ0) is 9.41. The molecule has 1 saturated carbocycles. The van der Waals surface area contributed by atoms with Gasteiger partial charge in [0.2, 0.25) is 5.92 Å². The first-order valence-electron chi connectivity index (χ1n) is 3.61. The molecular weight excluding hydrogens is 164 g/mol. The first kappa shape index (κ1) is 9.09. The third-order valence-corrected chi connectivity index (χ3v) is 2.19. The summed E-state index contributed by atoms with van der Waals surface area (Å²) in [5.74, 6) is -2.60. The molecule has 1 rings (SSSR count). The highest BCUT2D eigenvalue weighted by Gasteiger charge is 2.55. The molecule has 1 aliphatic carbocycles. The molecule has 68 valence electrons. The van der Waals surface area contributed by atoms with Gasteiger partial charge in [0.15, 0.2) is 0 Å². The quantitative estimate of drug-likeness (QED) is 0.621. The lowest BCUT2D eigenvalue weighted by atomic mass is 9.65. The standard InChI is InChI=1S/C7H11F2N3/c1-6(5(2-10)12-11)3-7(8,9)4-6/h2,11H,3-4,10H2,1H3/b5-2-,12-11?. The molecular formula is C7H11F2N3. The van der Waals surface area contributed by atoms with Crippen LogP contribution in [0, 0.1) is 10.9 Å². The van der Waals surface area contributed by atoms with E-state index in [0.29, 0.717) is 0 Å². The second-order valence-corrected chi connectivity index (χ2v) is 3.43. The summed E-state index contributed by atoms with van der Waals surface area (Å²) in [4.78, 5) is 0. The molecule has 0 aromatic rings. The lowest BCUT2D eigenvalue weighted by molar-refractivity contribution is -0.139. The van der Waals surface area contributed by atoms with Crippen molar-refractivity contribution in [3.8, 4) is 0 Å². The Morgan fingerprint density at radius 2 is 2.08 bits per heavy atom. The van der Waals surface area contributed by atoms with Gasteiger partial charge in [-0.05, 0) is 0 Å². The summed E-state index contributed by atoms with van der Waals surface area (Å²) in [7, 11) is 0. The highest BCUT2D eigenvalue weighted by molar-refractivity contribution is 5.17. The number of alkyl halides is 2. The van der Waals surface area contributed by atoms with Crippen LogP contribution in [0.25, 0.3) is 0 Å². The topological polar surface area (TPSA) is 62.2 Å². The summed E-state index contributed by atoms with van der Waals surface area (Å²) in [6, 6.07) is 0. The third kappa shape index (κ3) is 1.31. The average molecular weight is 175 g/mol. The van der Waals surface area contributed by atoms with E-state index in [1.807, 2.05) is 0 Å². The Morgan fingerprint density at radius 3 is 2.33 bits per heavy atom. The maximum Gasteiger partial charge on any atom is 0.250 e. The van der Waals surface area contributed by atoms with E-state index < -0.39 is 11.3 Å². The second-order valence-electron chi connectivity index (χ2n) is 3.43. The molecule has 0 aliphatic heterocycles. The Balaban J connectivity index is 2.72. The van der Waals surface area contributed by atoms with Crippen molar-refractivity contribution in [2.24, 2.45) is 16.3 Å². The van der Waals surface area contributed by atoms with Gasteiger partial charge in [0.1, 0.15) is 0 Å². The van der Waals surface area contributed by atoms with Gasteiger partial charge in [0.05, 0.1) is 5.70 Å². The van der Waals surface area contributed by atoms with Crippen molar-refractivity contribution < 1.29 is 8.78 Å². The molecule has 0 saturated heterocycles. The maximum atomic E-state index is 12.5. The van der Waals surface area contributed by atoms with Crippen LogP contribution in [0.5, 0.6) is 0 Å². The van der Waals surface area contributed by atoms with Crippen LogP contribution in [-0.2, 0) is 0 Å². The van der Waals surface area contributed by atoms with E-state index >= 15 is 0 Å². The van der Waals surface area contributed by atoms with Gasteiger partial charge in [-0.15, -0.1) is 0 Å². The molecule has 3 nitrogen and oxygen atoms in total. The van der Waals surface area contributed by atoms with Crippen molar-refractivity contribution in [3.05, 3.63) is 11.9 Å². The van der Waals surface area contributed by atoms with Gasteiger partial charge in [0, 0.05) is 24.5 Å². The lowest BCUT2D eigenvalue weighted by Gasteiger charge is -2.44. The van der Waals surface area contributed by atoms with Gasteiger partial charge in [-0.25, -0.2) is 14.3 Å². The van der Waals surface area contributed by atoms with E-state index in [0.717, 1.165) is 6.20 Å². The summed E-state index contributed by atoms with van der Waals surface area (Å²) >= 11 is 0. The maximum absolute atomic E-state index is 12.5. The Hall–Kier alpha value is -1.00. The number of rotatable bonds is 2. The molecule has 0 aromatic carbocycles. The molecule has 0 atom stereocenters. The van der Waals surface area contributed by atoms with E-state index in [4.69, 9.17) is 11.3 Å². The lowest BCUT2D eigenvalue weighted by Crippen LogP contribution is -2.45. The van der Waals surface area contributed by atoms with Gasteiger partial charge in [0.25, 0.3) is 0 Å². The molecule has 0 aromatic heterocycles. The minimum absolute atomic E-state index is 0.244. The fourth-order valence-electron chi connectivity index (χ4n) is 1.64. The van der Waals surface area contributed by atoms with Gasteiger partial charge in [-0.2, -0.15) is 5.11 Å². The minimum Gasteiger partial charge on any atom is -0.403 e. The Morgan fingerprint density at radius 1 is 1.58 bits per heavy atom. The number of halogens is 2. The largest absolute Gasteiger partial charge is 0.403 e. The number of nitrogens with one attached hydrogen (secondary N) is 1. The predicted octanol–water partition coefficient (Wildman–Crippen LogP) is 2.25. The number of hydrogen-bond donors (Lipinski definition) is 2. The van der Waals surface area contributed by atoms with Crippen molar-refractivity contribution >= 4 is 0 Å². The molecule has 12 heavy (non-hydrogen) atoms. The van der Waals surface area contributed by atoms with E-state index in [-0.39, 0.29) is 18.5 Å². The molecule has 0 radical (unpaired) electrons. The zero-order valence-electron chi connectivity index (χ0n) is 6.77. The van der Waals surface area contributed by atoms with Crippen LogP contribution in [0.4, 0.5) is 8.78 Å². The zero-order valence-corrected chi connectivity index (χ0v) is 6.77. The van der Waals surface area contributed by atoms with E-state index in [1.54, 1.807) is 6.92 Å². The monoisotopic (exact) mass is 175 g/mol. The van der Waals surface area contributed by atoms with Crippen molar-refractivity contribution in [1.82, 2.24) is 0 Å². The van der Waals surface area contributed by atoms with Crippen LogP contribution in [0.1, 0.15) is 19.8 Å².